The van der Waals surface area contributed by atoms with Crippen molar-refractivity contribution >= 4 is 0 Å². The summed E-state index contributed by atoms with van der Waals surface area (Å²) in [6.45, 7) is 6.11. The Hall–Kier alpha value is -0.160. The van der Waals surface area contributed by atoms with Crippen LogP contribution in [-0.4, -0.2) is 47.4 Å². The van der Waals surface area contributed by atoms with E-state index in [1.54, 1.807) is 13.8 Å². The first-order valence-corrected chi connectivity index (χ1v) is 4.02. The highest BCUT2D eigenvalue weighted by atomic mass is 16.3. The Labute approximate surface area is 75.5 Å². The molecule has 0 radical (unpaired) electrons. The molecule has 4 heteroatoms. The lowest BCUT2D eigenvalue weighted by molar-refractivity contribution is 0.295. The Morgan fingerprint density at radius 2 is 0.833 bits per heavy atom. The van der Waals surface area contributed by atoms with Crippen molar-refractivity contribution in [1.29, 1.82) is 0 Å². The monoisotopic (exact) mass is 184 g/mol. The largest absolute Gasteiger partial charge is 0.400 e. The van der Waals surface area contributed by atoms with Crippen molar-refractivity contribution in [2.45, 2.75) is 27.2 Å². The fraction of sp³-hybridized carbons (Fsp3) is 1.00. The predicted octanol–water partition coefficient (Wildman–Crippen LogP) is -0.00560. The molecule has 0 bridgehead atoms. The third-order valence-electron chi connectivity index (χ3n) is 0.224. The molecule has 80 valence electrons. The molecule has 0 amide bonds. The van der Waals surface area contributed by atoms with Gasteiger partial charge < -0.3 is 20.4 Å². The van der Waals surface area contributed by atoms with Crippen molar-refractivity contribution < 1.29 is 20.4 Å². The van der Waals surface area contributed by atoms with Crippen molar-refractivity contribution in [2.24, 2.45) is 0 Å². The Balaban J connectivity index is -0.0000000368. The second-order valence-electron chi connectivity index (χ2n) is 1.36. The van der Waals surface area contributed by atoms with Crippen molar-refractivity contribution in [3.63, 3.8) is 0 Å². The molecule has 0 fully saturated rings. The normalized spacial score (nSPS) is 6.00. The van der Waals surface area contributed by atoms with Gasteiger partial charge in [0.05, 0.1) is 0 Å². The van der Waals surface area contributed by atoms with Gasteiger partial charge in [-0.1, -0.05) is 6.92 Å². The van der Waals surface area contributed by atoms with Crippen molar-refractivity contribution in [1.82, 2.24) is 0 Å². The third-order valence-corrected chi connectivity index (χ3v) is 0.224. The molecule has 0 aromatic rings. The topological polar surface area (TPSA) is 80.9 Å². The molecule has 0 saturated carbocycles. The third kappa shape index (κ3) is 1090. The van der Waals surface area contributed by atoms with Crippen LogP contribution in [0.15, 0.2) is 0 Å². The highest BCUT2D eigenvalue weighted by Crippen LogP contribution is 1.61. The molecule has 0 rings (SSSR count). The van der Waals surface area contributed by atoms with Crippen LogP contribution in [0.2, 0.25) is 0 Å². The van der Waals surface area contributed by atoms with Crippen LogP contribution >= 0.6 is 0 Å². The van der Waals surface area contributed by atoms with Crippen LogP contribution in [0, 0.1) is 0 Å². The average molecular weight is 184 g/mol. The first-order chi connectivity index (χ1) is 5.74. The summed E-state index contributed by atoms with van der Waals surface area (Å²) >= 11 is 0. The Bertz CT molecular complexity index is 23.0. The highest BCUT2D eigenvalue weighted by molar-refractivity contribution is 4.10. The molecule has 4 nitrogen and oxygen atoms in total. The maximum Gasteiger partial charge on any atom is 0.0428 e. The summed E-state index contributed by atoms with van der Waals surface area (Å²) in [4.78, 5) is 0. The molecule has 0 aromatic carbocycles. The highest BCUT2D eigenvalue weighted by Gasteiger charge is 1.57. The number of hydrogen-bond donors (Lipinski definition) is 4. The van der Waals surface area contributed by atoms with Gasteiger partial charge in [-0.05, 0) is 20.3 Å². The van der Waals surface area contributed by atoms with Gasteiger partial charge in [-0.15, -0.1) is 0 Å². The molecular weight excluding hydrogens is 160 g/mol. The summed E-state index contributed by atoms with van der Waals surface area (Å²) in [6, 6.07) is 0. The zero-order chi connectivity index (χ0) is 10.8. The first kappa shape index (κ1) is 22.6. The van der Waals surface area contributed by atoms with E-state index in [1.165, 1.54) is 0 Å². The molecule has 0 aliphatic carbocycles. The number of aliphatic hydroxyl groups is 4. The van der Waals surface area contributed by atoms with Crippen LogP contribution in [0.1, 0.15) is 27.2 Å². The zero-order valence-electron chi connectivity index (χ0n) is 8.62. The van der Waals surface area contributed by atoms with Gasteiger partial charge in [0.15, 0.2) is 0 Å². The first-order valence-electron chi connectivity index (χ1n) is 4.02. The second-order valence-corrected chi connectivity index (χ2v) is 1.36. The molecular formula is C8H24O4. The standard InChI is InChI=1S/C3H8O.2C2H6O.CH4O/c1-2-3-4;2*1-2-3;1-2/h4H,2-3H2,1H3;2*3H,2H2,1H3;2H,1H3. The number of aliphatic hydroxyl groups excluding tert-OH is 4. The summed E-state index contributed by atoms with van der Waals surface area (Å²) in [5.74, 6) is 0. The average Bonchev–Trinajstić information content (AvgIpc) is 2.10. The Kier molecular flexibility index (Phi) is 134. The molecule has 0 aliphatic rings. The Morgan fingerprint density at radius 3 is 0.833 bits per heavy atom. The second kappa shape index (κ2) is 71.2. The minimum absolute atomic E-state index is 0.250. The zero-order valence-corrected chi connectivity index (χ0v) is 8.62. The predicted molar refractivity (Wildman–Crippen MR) is 51.0 cm³/mol. The van der Waals surface area contributed by atoms with Gasteiger partial charge in [-0.25, -0.2) is 0 Å². The van der Waals surface area contributed by atoms with Crippen LogP contribution in [-0.2, 0) is 0 Å². The molecule has 0 saturated heterocycles. The molecule has 0 spiro atoms. The smallest absolute Gasteiger partial charge is 0.0428 e. The molecule has 0 atom stereocenters. The van der Waals surface area contributed by atoms with Crippen molar-refractivity contribution in [3.05, 3.63) is 0 Å². The van der Waals surface area contributed by atoms with Crippen molar-refractivity contribution in [2.75, 3.05) is 26.9 Å². The summed E-state index contributed by atoms with van der Waals surface area (Å²) in [7, 11) is 1.00. The number of rotatable bonds is 1. The van der Waals surface area contributed by atoms with E-state index in [4.69, 9.17) is 20.4 Å². The minimum atomic E-state index is 0.250. The summed E-state index contributed by atoms with van der Waals surface area (Å²) in [6.07, 6.45) is 0.875. The SMILES string of the molecule is CCCO.CCO.CCO.CO. The summed E-state index contributed by atoms with van der Waals surface area (Å²) in [5.41, 5.74) is 0. The van der Waals surface area contributed by atoms with E-state index in [2.05, 4.69) is 0 Å². The number of hydrogen-bond acceptors (Lipinski definition) is 4. The van der Waals surface area contributed by atoms with Gasteiger partial charge in [-0.3, -0.25) is 0 Å². The van der Waals surface area contributed by atoms with Gasteiger partial charge in [0, 0.05) is 26.9 Å². The van der Waals surface area contributed by atoms with Gasteiger partial charge in [-0.2, -0.15) is 0 Å². The van der Waals surface area contributed by atoms with Crippen LogP contribution < -0.4 is 0 Å². The quantitative estimate of drug-likeness (QED) is 0.462. The van der Waals surface area contributed by atoms with Gasteiger partial charge in [0.2, 0.25) is 0 Å². The van der Waals surface area contributed by atoms with Crippen molar-refractivity contribution in [3.8, 4) is 0 Å². The van der Waals surface area contributed by atoms with Crippen LogP contribution in [0.25, 0.3) is 0 Å². The van der Waals surface area contributed by atoms with E-state index in [-0.39, 0.29) is 13.2 Å². The van der Waals surface area contributed by atoms with Crippen LogP contribution in [0.5, 0.6) is 0 Å². The van der Waals surface area contributed by atoms with Gasteiger partial charge in [0.25, 0.3) is 0 Å². The van der Waals surface area contributed by atoms with Gasteiger partial charge in [0.1, 0.15) is 0 Å². The Morgan fingerprint density at radius 1 is 0.750 bits per heavy atom. The minimum Gasteiger partial charge on any atom is -0.400 e. The van der Waals surface area contributed by atoms with Crippen LogP contribution in [0.3, 0.4) is 0 Å². The lowest BCUT2D eigenvalue weighted by atomic mass is 10.5. The summed E-state index contributed by atoms with van der Waals surface area (Å²) < 4.78 is 0. The molecule has 4 N–H and O–H groups in total. The fourth-order valence-corrected chi connectivity index (χ4v) is 0. The summed E-state index contributed by atoms with van der Waals surface area (Å²) in [5, 5.41) is 30.0. The maximum absolute atomic E-state index is 7.88. The van der Waals surface area contributed by atoms with Gasteiger partial charge >= 0.3 is 0 Å². The van der Waals surface area contributed by atoms with Crippen LogP contribution in [0.4, 0.5) is 0 Å². The van der Waals surface area contributed by atoms with E-state index in [1.807, 2.05) is 6.92 Å². The maximum atomic E-state index is 7.88. The fourth-order valence-electron chi connectivity index (χ4n) is 0. The molecule has 0 aromatic heterocycles. The van der Waals surface area contributed by atoms with E-state index in [0.717, 1.165) is 13.5 Å². The molecule has 0 unspecified atom stereocenters. The molecule has 0 heterocycles. The van der Waals surface area contributed by atoms with E-state index in [0.29, 0.717) is 6.61 Å². The lowest BCUT2D eigenvalue weighted by Gasteiger charge is -1.69. The lowest BCUT2D eigenvalue weighted by Crippen LogP contribution is -1.69. The van der Waals surface area contributed by atoms with E-state index < -0.39 is 0 Å². The molecule has 12 heavy (non-hydrogen) atoms. The molecule has 0 aliphatic heterocycles. The van der Waals surface area contributed by atoms with E-state index in [9.17, 15) is 0 Å². The van der Waals surface area contributed by atoms with E-state index >= 15 is 0 Å².